The molecule has 0 aliphatic heterocycles. The SMILES string of the molecule is COc1cc(OC)nc(CCc2cnc(Cl)s2)n1. The van der Waals surface area contributed by atoms with Crippen LogP contribution < -0.4 is 9.47 Å². The van der Waals surface area contributed by atoms with Crippen LogP contribution in [-0.4, -0.2) is 29.2 Å². The van der Waals surface area contributed by atoms with E-state index in [-0.39, 0.29) is 0 Å². The Labute approximate surface area is 114 Å². The molecule has 2 aromatic rings. The van der Waals surface area contributed by atoms with Crippen LogP contribution in [0.4, 0.5) is 0 Å². The molecule has 0 saturated carbocycles. The molecule has 0 N–H and O–H groups in total. The molecule has 0 amide bonds. The number of hydrogen-bond acceptors (Lipinski definition) is 6. The minimum atomic E-state index is 0.499. The highest BCUT2D eigenvalue weighted by Crippen LogP contribution is 2.20. The summed E-state index contributed by atoms with van der Waals surface area (Å²) in [5, 5.41) is 0. The van der Waals surface area contributed by atoms with Gasteiger partial charge in [-0.2, -0.15) is 9.97 Å². The van der Waals surface area contributed by atoms with E-state index in [0.29, 0.717) is 28.5 Å². The van der Waals surface area contributed by atoms with Crippen molar-refractivity contribution in [3.63, 3.8) is 0 Å². The third kappa shape index (κ3) is 3.30. The molecule has 0 aliphatic carbocycles. The maximum atomic E-state index is 5.77. The average Bonchev–Trinajstić information content (AvgIpc) is 2.81. The van der Waals surface area contributed by atoms with Gasteiger partial charge in [0.25, 0.3) is 0 Å². The summed E-state index contributed by atoms with van der Waals surface area (Å²) in [4.78, 5) is 13.6. The van der Waals surface area contributed by atoms with Crippen molar-refractivity contribution in [3.8, 4) is 11.8 Å². The van der Waals surface area contributed by atoms with E-state index in [2.05, 4.69) is 15.0 Å². The molecule has 96 valence electrons. The van der Waals surface area contributed by atoms with Crippen LogP contribution in [0.2, 0.25) is 4.47 Å². The normalized spacial score (nSPS) is 10.4. The van der Waals surface area contributed by atoms with Crippen molar-refractivity contribution in [2.75, 3.05) is 14.2 Å². The summed E-state index contributed by atoms with van der Waals surface area (Å²) in [7, 11) is 3.13. The van der Waals surface area contributed by atoms with Gasteiger partial charge in [0.2, 0.25) is 11.8 Å². The van der Waals surface area contributed by atoms with E-state index in [1.807, 2.05) is 0 Å². The Bertz CT molecular complexity index is 511. The molecule has 2 heterocycles. The van der Waals surface area contributed by atoms with E-state index in [0.717, 1.165) is 11.3 Å². The van der Waals surface area contributed by atoms with Gasteiger partial charge in [0.1, 0.15) is 5.82 Å². The number of aromatic nitrogens is 3. The number of nitrogens with zero attached hydrogens (tertiary/aromatic N) is 3. The van der Waals surface area contributed by atoms with Gasteiger partial charge >= 0.3 is 0 Å². The Morgan fingerprint density at radius 2 is 1.83 bits per heavy atom. The standard InChI is InChI=1S/C11H12ClN3O2S/c1-16-9-5-10(17-2)15-8(14-9)4-3-7-6-13-11(12)18-7/h5-6H,3-4H2,1-2H3. The predicted octanol–water partition coefficient (Wildman–Crippen LogP) is 2.39. The fourth-order valence-corrected chi connectivity index (χ4v) is 2.38. The number of halogens is 1. The van der Waals surface area contributed by atoms with Crippen LogP contribution in [0, 0.1) is 0 Å². The molecule has 0 bridgehead atoms. The highest BCUT2D eigenvalue weighted by Gasteiger charge is 2.07. The van der Waals surface area contributed by atoms with Gasteiger partial charge in [-0.3, -0.25) is 0 Å². The molecule has 0 spiro atoms. The van der Waals surface area contributed by atoms with Crippen molar-refractivity contribution in [2.24, 2.45) is 0 Å². The van der Waals surface area contributed by atoms with Gasteiger partial charge in [0, 0.05) is 17.5 Å². The van der Waals surface area contributed by atoms with E-state index in [4.69, 9.17) is 21.1 Å². The second-order valence-electron chi connectivity index (χ2n) is 3.45. The minimum Gasteiger partial charge on any atom is -0.481 e. The number of thiazole rings is 1. The smallest absolute Gasteiger partial charge is 0.220 e. The molecule has 2 aromatic heterocycles. The summed E-state index contributed by atoms with van der Waals surface area (Å²) in [6.07, 6.45) is 3.25. The van der Waals surface area contributed by atoms with Crippen molar-refractivity contribution in [3.05, 3.63) is 27.4 Å². The number of aryl methyl sites for hydroxylation is 2. The minimum absolute atomic E-state index is 0.499. The van der Waals surface area contributed by atoms with Crippen LogP contribution in [0.15, 0.2) is 12.3 Å². The largest absolute Gasteiger partial charge is 0.481 e. The second-order valence-corrected chi connectivity index (χ2v) is 5.15. The summed E-state index contributed by atoms with van der Waals surface area (Å²) in [6.45, 7) is 0. The molecule has 5 nitrogen and oxygen atoms in total. The molecule has 7 heteroatoms. The molecular weight excluding hydrogens is 274 g/mol. The third-order valence-corrected chi connectivity index (χ3v) is 3.44. The maximum Gasteiger partial charge on any atom is 0.220 e. The summed E-state index contributed by atoms with van der Waals surface area (Å²) >= 11 is 7.24. The van der Waals surface area contributed by atoms with E-state index in [1.54, 1.807) is 26.5 Å². The quantitative estimate of drug-likeness (QED) is 0.844. The highest BCUT2D eigenvalue weighted by atomic mass is 35.5. The molecule has 0 fully saturated rings. The lowest BCUT2D eigenvalue weighted by Gasteiger charge is -2.05. The maximum absolute atomic E-state index is 5.77. The van der Waals surface area contributed by atoms with Gasteiger partial charge in [-0.1, -0.05) is 11.6 Å². The van der Waals surface area contributed by atoms with Gasteiger partial charge < -0.3 is 9.47 Å². The summed E-state index contributed by atoms with van der Waals surface area (Å²) in [6, 6.07) is 1.65. The molecule has 0 saturated heterocycles. The Hall–Kier alpha value is -1.40. The highest BCUT2D eigenvalue weighted by molar-refractivity contribution is 7.15. The lowest BCUT2D eigenvalue weighted by atomic mass is 10.2. The fourth-order valence-electron chi connectivity index (χ4n) is 1.40. The first kappa shape index (κ1) is 13.0. The predicted molar refractivity (Wildman–Crippen MR) is 69.7 cm³/mol. The molecule has 0 atom stereocenters. The molecular formula is C11H12ClN3O2S. The van der Waals surface area contributed by atoms with Gasteiger partial charge in [-0.15, -0.1) is 11.3 Å². The number of methoxy groups -OCH3 is 2. The van der Waals surface area contributed by atoms with Gasteiger partial charge in [0.05, 0.1) is 20.3 Å². The summed E-state index contributed by atoms with van der Waals surface area (Å²) in [5.74, 6) is 1.68. The van der Waals surface area contributed by atoms with E-state index in [9.17, 15) is 0 Å². The lowest BCUT2D eigenvalue weighted by Crippen LogP contribution is -2.01. The Balaban J connectivity index is 2.08. The van der Waals surface area contributed by atoms with Crippen molar-refractivity contribution >= 4 is 22.9 Å². The molecule has 18 heavy (non-hydrogen) atoms. The lowest BCUT2D eigenvalue weighted by molar-refractivity contribution is 0.368. The Morgan fingerprint density at radius 1 is 1.17 bits per heavy atom. The molecule has 2 rings (SSSR count). The topological polar surface area (TPSA) is 57.1 Å². The van der Waals surface area contributed by atoms with Crippen LogP contribution in [0.5, 0.6) is 11.8 Å². The van der Waals surface area contributed by atoms with Gasteiger partial charge in [-0.25, -0.2) is 4.98 Å². The third-order valence-electron chi connectivity index (χ3n) is 2.26. The first-order valence-electron chi connectivity index (χ1n) is 5.27. The van der Waals surface area contributed by atoms with Crippen LogP contribution in [0.25, 0.3) is 0 Å². The van der Waals surface area contributed by atoms with Gasteiger partial charge in [0.15, 0.2) is 4.47 Å². The Kier molecular flexibility index (Phi) is 4.33. The summed E-state index contributed by atoms with van der Waals surface area (Å²) < 4.78 is 10.7. The average molecular weight is 286 g/mol. The number of rotatable bonds is 5. The first-order valence-corrected chi connectivity index (χ1v) is 6.47. The zero-order valence-electron chi connectivity index (χ0n) is 10.0. The zero-order chi connectivity index (χ0) is 13.0. The van der Waals surface area contributed by atoms with Gasteiger partial charge in [-0.05, 0) is 6.42 Å². The fraction of sp³-hybridized carbons (Fsp3) is 0.364. The van der Waals surface area contributed by atoms with Crippen LogP contribution >= 0.6 is 22.9 Å². The van der Waals surface area contributed by atoms with E-state index >= 15 is 0 Å². The number of ether oxygens (including phenoxy) is 2. The van der Waals surface area contributed by atoms with E-state index in [1.165, 1.54) is 11.3 Å². The van der Waals surface area contributed by atoms with Crippen LogP contribution in [0.3, 0.4) is 0 Å². The van der Waals surface area contributed by atoms with Crippen molar-refractivity contribution in [1.82, 2.24) is 15.0 Å². The van der Waals surface area contributed by atoms with E-state index < -0.39 is 0 Å². The molecule has 0 aromatic carbocycles. The first-order chi connectivity index (χ1) is 8.71. The molecule has 0 unspecified atom stereocenters. The number of hydrogen-bond donors (Lipinski definition) is 0. The molecule has 0 radical (unpaired) electrons. The Morgan fingerprint density at radius 3 is 2.33 bits per heavy atom. The monoisotopic (exact) mass is 285 g/mol. The zero-order valence-corrected chi connectivity index (χ0v) is 11.6. The van der Waals surface area contributed by atoms with Crippen LogP contribution in [-0.2, 0) is 12.8 Å². The summed E-state index contributed by atoms with van der Waals surface area (Å²) in [5.41, 5.74) is 0. The molecule has 0 aliphatic rings. The van der Waals surface area contributed by atoms with Crippen LogP contribution in [0.1, 0.15) is 10.7 Å². The van der Waals surface area contributed by atoms with Crippen molar-refractivity contribution in [2.45, 2.75) is 12.8 Å². The van der Waals surface area contributed by atoms with Crippen molar-refractivity contribution in [1.29, 1.82) is 0 Å². The second kappa shape index (κ2) is 5.97. The van der Waals surface area contributed by atoms with Crippen molar-refractivity contribution < 1.29 is 9.47 Å².